The molecule has 0 amide bonds. The molecular weight excluding hydrogens is 540 g/mol. The lowest BCUT2D eigenvalue weighted by atomic mass is 10.0. The van der Waals surface area contributed by atoms with E-state index in [0.29, 0.717) is 67.1 Å². The first kappa shape index (κ1) is 26.6. The largest absolute Gasteiger partial charge is 0.497 e. The van der Waals surface area contributed by atoms with Crippen LogP contribution in [0.3, 0.4) is 0 Å². The van der Waals surface area contributed by atoms with Crippen molar-refractivity contribution in [2.75, 3.05) is 28.4 Å². The molecule has 0 spiro atoms. The van der Waals surface area contributed by atoms with Crippen LogP contribution in [0.15, 0.2) is 91.2 Å². The smallest absolute Gasteiger partial charge is 0.347 e. The molecule has 42 heavy (non-hydrogen) atoms. The molecule has 6 aromatic rings. The van der Waals surface area contributed by atoms with Crippen LogP contribution in [0.25, 0.3) is 55.8 Å². The Kier molecular flexibility index (Phi) is 6.79. The monoisotopic (exact) mass is 564 g/mol. The molecule has 0 saturated carbocycles. The molecule has 2 aromatic heterocycles. The van der Waals surface area contributed by atoms with Crippen LogP contribution in [-0.2, 0) is 0 Å². The van der Waals surface area contributed by atoms with E-state index < -0.39 is 11.3 Å². The predicted molar refractivity (Wildman–Crippen MR) is 157 cm³/mol. The van der Waals surface area contributed by atoms with Crippen LogP contribution in [0.5, 0.6) is 23.0 Å². The Morgan fingerprint density at radius 3 is 1.17 bits per heavy atom. The summed E-state index contributed by atoms with van der Waals surface area (Å²) >= 11 is 0. The Balaban J connectivity index is 1.39. The summed E-state index contributed by atoms with van der Waals surface area (Å²) in [4.78, 5) is 35.2. The molecule has 0 saturated heterocycles. The Hall–Kier alpha value is -5.64. The van der Waals surface area contributed by atoms with E-state index in [1.807, 2.05) is 12.1 Å². The summed E-state index contributed by atoms with van der Waals surface area (Å²) in [5.74, 6) is 2.42. The lowest BCUT2D eigenvalue weighted by Crippen LogP contribution is -2.04. The first-order valence-corrected chi connectivity index (χ1v) is 12.8. The normalized spacial score (nSPS) is 11.0. The van der Waals surface area contributed by atoms with Gasteiger partial charge in [0, 0.05) is 23.3 Å². The molecule has 0 aliphatic rings. The standard InChI is InChI=1S/C32H24N2O8/c1-37-21-9-19(10-22(15-21)38-2)29-33-27-7-5-17(13-25(27)31(35)41-29)18-6-8-28-26(14-18)32(36)42-30(34-28)20-11-23(39-3)16-24(12-20)40-4/h5-16H,1-4H3. The van der Waals surface area contributed by atoms with Crippen LogP contribution in [-0.4, -0.2) is 38.4 Å². The van der Waals surface area contributed by atoms with Gasteiger partial charge in [-0.15, -0.1) is 0 Å². The van der Waals surface area contributed by atoms with Gasteiger partial charge in [0.15, 0.2) is 0 Å². The lowest BCUT2D eigenvalue weighted by molar-refractivity contribution is 0.394. The molecule has 10 nitrogen and oxygen atoms in total. The summed E-state index contributed by atoms with van der Waals surface area (Å²) in [6, 6.07) is 20.7. The Morgan fingerprint density at radius 2 is 0.833 bits per heavy atom. The van der Waals surface area contributed by atoms with Crippen molar-refractivity contribution in [1.29, 1.82) is 0 Å². The summed E-state index contributed by atoms with van der Waals surface area (Å²) in [6.07, 6.45) is 0. The van der Waals surface area contributed by atoms with Crippen molar-refractivity contribution in [3.05, 3.63) is 93.6 Å². The summed E-state index contributed by atoms with van der Waals surface area (Å²) < 4.78 is 32.4. The van der Waals surface area contributed by atoms with Crippen molar-refractivity contribution in [2.24, 2.45) is 0 Å². The summed E-state index contributed by atoms with van der Waals surface area (Å²) in [6.45, 7) is 0. The zero-order valence-corrected chi connectivity index (χ0v) is 23.1. The third kappa shape index (κ3) is 4.90. The first-order chi connectivity index (χ1) is 20.4. The molecule has 0 fully saturated rings. The average Bonchev–Trinajstić information content (AvgIpc) is 3.03. The number of hydrogen-bond acceptors (Lipinski definition) is 10. The number of ether oxygens (including phenoxy) is 4. The molecule has 10 heteroatoms. The number of nitrogens with zero attached hydrogens (tertiary/aromatic N) is 2. The second-order valence-electron chi connectivity index (χ2n) is 9.28. The number of methoxy groups -OCH3 is 4. The van der Waals surface area contributed by atoms with Crippen molar-refractivity contribution in [3.63, 3.8) is 0 Å². The van der Waals surface area contributed by atoms with E-state index in [1.54, 1.807) is 60.7 Å². The molecule has 4 aromatic carbocycles. The van der Waals surface area contributed by atoms with Gasteiger partial charge >= 0.3 is 11.3 Å². The molecule has 0 bridgehead atoms. The summed E-state index contributed by atoms with van der Waals surface area (Å²) in [5.41, 5.74) is 2.24. The maximum Gasteiger partial charge on any atom is 0.347 e. The SMILES string of the molecule is COc1cc(OC)cc(-c2nc3ccc(-c4ccc5nc(-c6cc(OC)cc(OC)c6)oc(=O)c5c4)cc3c(=O)o2)c1. The third-order valence-corrected chi connectivity index (χ3v) is 6.79. The topological polar surface area (TPSA) is 123 Å². The molecule has 0 radical (unpaired) electrons. The van der Waals surface area contributed by atoms with Gasteiger partial charge in [-0.2, -0.15) is 0 Å². The summed E-state index contributed by atoms with van der Waals surface area (Å²) in [7, 11) is 6.14. The molecule has 2 heterocycles. The van der Waals surface area contributed by atoms with Gasteiger partial charge in [-0.05, 0) is 59.7 Å². The predicted octanol–water partition coefficient (Wildman–Crippen LogP) is 5.72. The molecule has 210 valence electrons. The highest BCUT2D eigenvalue weighted by molar-refractivity contribution is 5.88. The van der Waals surface area contributed by atoms with Gasteiger partial charge in [0.05, 0.1) is 50.2 Å². The molecule has 0 aliphatic heterocycles. The Bertz CT molecular complexity index is 1900. The third-order valence-electron chi connectivity index (χ3n) is 6.79. The molecule has 0 aliphatic carbocycles. The average molecular weight is 565 g/mol. The second-order valence-corrected chi connectivity index (χ2v) is 9.28. The maximum atomic E-state index is 13.0. The quantitative estimate of drug-likeness (QED) is 0.238. The van der Waals surface area contributed by atoms with Crippen molar-refractivity contribution in [1.82, 2.24) is 9.97 Å². The van der Waals surface area contributed by atoms with Crippen LogP contribution in [0, 0.1) is 0 Å². The van der Waals surface area contributed by atoms with E-state index >= 15 is 0 Å². The number of aromatic nitrogens is 2. The van der Waals surface area contributed by atoms with E-state index in [1.165, 1.54) is 28.4 Å². The van der Waals surface area contributed by atoms with Crippen molar-refractivity contribution >= 4 is 21.8 Å². The number of fused-ring (bicyclic) bond motifs is 2. The molecule has 0 atom stereocenters. The van der Waals surface area contributed by atoms with E-state index in [0.717, 1.165) is 0 Å². The minimum absolute atomic E-state index is 0.135. The minimum atomic E-state index is -0.557. The fourth-order valence-corrected chi connectivity index (χ4v) is 4.61. The van der Waals surface area contributed by atoms with Gasteiger partial charge in [0.1, 0.15) is 23.0 Å². The van der Waals surface area contributed by atoms with E-state index in [-0.39, 0.29) is 11.8 Å². The van der Waals surface area contributed by atoms with Crippen LogP contribution in [0.1, 0.15) is 0 Å². The molecule has 0 unspecified atom stereocenters. The van der Waals surface area contributed by atoms with Crippen molar-refractivity contribution < 1.29 is 27.8 Å². The Labute approximate surface area is 238 Å². The first-order valence-electron chi connectivity index (χ1n) is 12.8. The zero-order chi connectivity index (χ0) is 29.4. The highest BCUT2D eigenvalue weighted by atomic mass is 16.5. The van der Waals surface area contributed by atoms with Crippen molar-refractivity contribution in [2.45, 2.75) is 0 Å². The number of rotatable bonds is 7. The van der Waals surface area contributed by atoms with Crippen LogP contribution >= 0.6 is 0 Å². The number of hydrogen-bond donors (Lipinski definition) is 0. The molecular formula is C32H24N2O8. The fraction of sp³-hybridized carbons (Fsp3) is 0.125. The zero-order valence-electron chi connectivity index (χ0n) is 23.1. The van der Waals surface area contributed by atoms with Gasteiger partial charge in [-0.1, -0.05) is 12.1 Å². The second kappa shape index (κ2) is 10.7. The minimum Gasteiger partial charge on any atom is -0.497 e. The van der Waals surface area contributed by atoms with Gasteiger partial charge in [-0.25, -0.2) is 19.6 Å². The van der Waals surface area contributed by atoms with E-state index in [2.05, 4.69) is 9.97 Å². The van der Waals surface area contributed by atoms with Gasteiger partial charge in [0.2, 0.25) is 11.8 Å². The lowest BCUT2D eigenvalue weighted by Gasteiger charge is -2.09. The van der Waals surface area contributed by atoms with Crippen LogP contribution < -0.4 is 30.2 Å². The van der Waals surface area contributed by atoms with Gasteiger partial charge in [0.25, 0.3) is 0 Å². The van der Waals surface area contributed by atoms with Crippen LogP contribution in [0.4, 0.5) is 0 Å². The number of benzene rings is 4. The highest BCUT2D eigenvalue weighted by Gasteiger charge is 2.15. The molecule has 6 rings (SSSR count). The van der Waals surface area contributed by atoms with E-state index in [9.17, 15) is 9.59 Å². The van der Waals surface area contributed by atoms with Gasteiger partial charge < -0.3 is 27.8 Å². The van der Waals surface area contributed by atoms with Crippen molar-refractivity contribution in [3.8, 4) is 57.0 Å². The van der Waals surface area contributed by atoms with E-state index in [4.69, 9.17) is 27.8 Å². The Morgan fingerprint density at radius 1 is 0.476 bits per heavy atom. The highest BCUT2D eigenvalue weighted by Crippen LogP contribution is 2.32. The fourth-order valence-electron chi connectivity index (χ4n) is 4.61. The maximum absolute atomic E-state index is 13.0. The van der Waals surface area contributed by atoms with Gasteiger partial charge in [-0.3, -0.25) is 0 Å². The molecule has 0 N–H and O–H groups in total. The van der Waals surface area contributed by atoms with Crippen LogP contribution in [0.2, 0.25) is 0 Å². The summed E-state index contributed by atoms with van der Waals surface area (Å²) in [5, 5.41) is 0.581.